The second-order valence-corrected chi connectivity index (χ2v) is 5.28. The number of benzene rings is 1. The highest BCUT2D eigenvalue weighted by molar-refractivity contribution is 5.89. The van der Waals surface area contributed by atoms with Crippen LogP contribution >= 0.6 is 0 Å². The van der Waals surface area contributed by atoms with E-state index in [0.717, 1.165) is 6.42 Å². The standard InChI is InChI=1S/C16H19NO3/c1-16(15(19)20,13-8-4-2-5-9-13)12-14(18)17-10-6-3-7-11-17/h2-6,8-9H,7,10-12H2,1H3,(H,19,20). The zero-order valence-electron chi connectivity index (χ0n) is 11.6. The molecule has 1 aromatic carbocycles. The predicted octanol–water partition coefficient (Wildman–Crippen LogP) is 2.21. The quantitative estimate of drug-likeness (QED) is 0.856. The zero-order chi connectivity index (χ0) is 14.6. The molecule has 4 nitrogen and oxygen atoms in total. The molecule has 1 N–H and O–H groups in total. The van der Waals surface area contributed by atoms with Crippen LogP contribution in [0.25, 0.3) is 0 Å². The normalized spacial score (nSPS) is 17.6. The molecule has 1 aliphatic heterocycles. The molecule has 2 rings (SSSR count). The number of hydrogen-bond donors (Lipinski definition) is 1. The number of carboxylic acids is 1. The highest BCUT2D eigenvalue weighted by atomic mass is 16.4. The molecule has 1 heterocycles. The van der Waals surface area contributed by atoms with Gasteiger partial charge in [-0.15, -0.1) is 0 Å². The molecular weight excluding hydrogens is 254 g/mol. The first-order chi connectivity index (χ1) is 9.54. The SMILES string of the molecule is CC(CC(=O)N1CC=CCC1)(C(=O)O)c1ccccc1. The molecule has 4 heteroatoms. The molecule has 1 aromatic rings. The van der Waals surface area contributed by atoms with Gasteiger partial charge in [0.25, 0.3) is 0 Å². The lowest BCUT2D eigenvalue weighted by Gasteiger charge is -2.29. The van der Waals surface area contributed by atoms with Crippen LogP contribution in [0.4, 0.5) is 0 Å². The van der Waals surface area contributed by atoms with Gasteiger partial charge in [-0.25, -0.2) is 0 Å². The van der Waals surface area contributed by atoms with Crippen molar-refractivity contribution < 1.29 is 14.7 Å². The molecule has 0 aliphatic carbocycles. The van der Waals surface area contributed by atoms with Crippen LogP contribution in [0.5, 0.6) is 0 Å². The van der Waals surface area contributed by atoms with Gasteiger partial charge in [0, 0.05) is 19.5 Å². The molecule has 0 bridgehead atoms. The summed E-state index contributed by atoms with van der Waals surface area (Å²) >= 11 is 0. The first kappa shape index (κ1) is 14.3. The van der Waals surface area contributed by atoms with E-state index in [9.17, 15) is 14.7 Å². The Hall–Kier alpha value is -2.10. The van der Waals surface area contributed by atoms with Gasteiger partial charge in [-0.3, -0.25) is 9.59 Å². The van der Waals surface area contributed by atoms with Crippen molar-refractivity contribution >= 4 is 11.9 Å². The molecule has 1 atom stereocenters. The number of carbonyl (C=O) groups excluding carboxylic acids is 1. The van der Waals surface area contributed by atoms with Crippen LogP contribution in [0.1, 0.15) is 25.3 Å². The molecule has 1 unspecified atom stereocenters. The summed E-state index contributed by atoms with van der Waals surface area (Å²) < 4.78 is 0. The lowest BCUT2D eigenvalue weighted by molar-refractivity contribution is -0.147. The molecule has 0 radical (unpaired) electrons. The van der Waals surface area contributed by atoms with Gasteiger partial charge in [0.1, 0.15) is 0 Å². The average Bonchev–Trinajstić information content (AvgIpc) is 2.48. The summed E-state index contributed by atoms with van der Waals surface area (Å²) in [4.78, 5) is 25.7. The Balaban J connectivity index is 2.19. The smallest absolute Gasteiger partial charge is 0.314 e. The molecule has 0 spiro atoms. The van der Waals surface area contributed by atoms with Gasteiger partial charge in [-0.2, -0.15) is 0 Å². The second-order valence-electron chi connectivity index (χ2n) is 5.28. The zero-order valence-corrected chi connectivity index (χ0v) is 11.6. The largest absolute Gasteiger partial charge is 0.481 e. The fourth-order valence-electron chi connectivity index (χ4n) is 2.39. The third-order valence-electron chi connectivity index (χ3n) is 3.80. The second kappa shape index (κ2) is 5.90. The molecule has 0 saturated heterocycles. The first-order valence-electron chi connectivity index (χ1n) is 6.76. The van der Waals surface area contributed by atoms with Gasteiger partial charge in [0.2, 0.25) is 5.91 Å². The fraction of sp³-hybridized carbons (Fsp3) is 0.375. The molecule has 0 saturated carbocycles. The highest BCUT2D eigenvalue weighted by Gasteiger charge is 2.38. The van der Waals surface area contributed by atoms with Gasteiger partial charge in [-0.1, -0.05) is 42.5 Å². The Morgan fingerprint density at radius 2 is 1.95 bits per heavy atom. The van der Waals surface area contributed by atoms with Crippen molar-refractivity contribution in [1.82, 2.24) is 4.90 Å². The highest BCUT2D eigenvalue weighted by Crippen LogP contribution is 2.29. The Labute approximate surface area is 118 Å². The van der Waals surface area contributed by atoms with Gasteiger partial charge in [-0.05, 0) is 18.9 Å². The van der Waals surface area contributed by atoms with Crippen LogP contribution in [-0.4, -0.2) is 35.0 Å². The van der Waals surface area contributed by atoms with Gasteiger partial charge in [0.05, 0.1) is 5.41 Å². The van der Waals surface area contributed by atoms with Crippen molar-refractivity contribution in [3.63, 3.8) is 0 Å². The Morgan fingerprint density at radius 1 is 1.25 bits per heavy atom. The van der Waals surface area contributed by atoms with E-state index < -0.39 is 11.4 Å². The number of hydrogen-bond acceptors (Lipinski definition) is 2. The molecule has 0 aromatic heterocycles. The van der Waals surface area contributed by atoms with Crippen molar-refractivity contribution in [1.29, 1.82) is 0 Å². The van der Waals surface area contributed by atoms with Crippen molar-refractivity contribution in [3.05, 3.63) is 48.0 Å². The average molecular weight is 273 g/mol. The van der Waals surface area contributed by atoms with Gasteiger partial charge in [0.15, 0.2) is 0 Å². The summed E-state index contributed by atoms with van der Waals surface area (Å²) in [7, 11) is 0. The van der Waals surface area contributed by atoms with E-state index in [4.69, 9.17) is 0 Å². The third-order valence-corrected chi connectivity index (χ3v) is 3.80. The van der Waals surface area contributed by atoms with Crippen molar-refractivity contribution in [2.75, 3.05) is 13.1 Å². The van der Waals surface area contributed by atoms with Crippen molar-refractivity contribution in [3.8, 4) is 0 Å². The predicted molar refractivity (Wildman–Crippen MR) is 76.4 cm³/mol. The van der Waals surface area contributed by atoms with Crippen LogP contribution in [-0.2, 0) is 15.0 Å². The minimum Gasteiger partial charge on any atom is -0.481 e. The van der Waals surface area contributed by atoms with Crippen LogP contribution in [0.3, 0.4) is 0 Å². The molecule has 1 aliphatic rings. The molecule has 0 fully saturated rings. The number of carbonyl (C=O) groups is 2. The number of aliphatic carboxylic acids is 1. The van der Waals surface area contributed by atoms with E-state index in [-0.39, 0.29) is 12.3 Å². The Kier molecular flexibility index (Phi) is 4.23. The summed E-state index contributed by atoms with van der Waals surface area (Å²) in [5.74, 6) is -1.08. The van der Waals surface area contributed by atoms with E-state index in [1.807, 2.05) is 18.2 Å². The Bertz CT molecular complexity index is 524. The summed E-state index contributed by atoms with van der Waals surface area (Å²) in [6.07, 6.45) is 4.81. The maximum absolute atomic E-state index is 12.3. The van der Waals surface area contributed by atoms with Crippen molar-refractivity contribution in [2.45, 2.75) is 25.2 Å². The minimum atomic E-state index is -1.18. The number of rotatable bonds is 4. The summed E-state index contributed by atoms with van der Waals surface area (Å²) in [6.45, 7) is 2.85. The summed E-state index contributed by atoms with van der Waals surface area (Å²) in [5, 5.41) is 9.55. The molecular formula is C16H19NO3. The van der Waals surface area contributed by atoms with Crippen molar-refractivity contribution in [2.24, 2.45) is 0 Å². The molecule has 106 valence electrons. The maximum atomic E-state index is 12.3. The molecule has 20 heavy (non-hydrogen) atoms. The van der Waals surface area contributed by atoms with E-state index in [2.05, 4.69) is 0 Å². The lowest BCUT2D eigenvalue weighted by atomic mass is 9.79. The van der Waals surface area contributed by atoms with E-state index in [1.165, 1.54) is 0 Å². The summed E-state index contributed by atoms with van der Waals surface area (Å²) in [6, 6.07) is 8.95. The Morgan fingerprint density at radius 3 is 2.50 bits per heavy atom. The molecule has 1 amide bonds. The maximum Gasteiger partial charge on any atom is 0.314 e. The van der Waals surface area contributed by atoms with E-state index in [0.29, 0.717) is 18.7 Å². The lowest BCUT2D eigenvalue weighted by Crippen LogP contribution is -2.42. The fourth-order valence-corrected chi connectivity index (χ4v) is 2.39. The van der Waals surface area contributed by atoms with Gasteiger partial charge >= 0.3 is 5.97 Å². The van der Waals surface area contributed by atoms with Crippen LogP contribution in [0, 0.1) is 0 Å². The monoisotopic (exact) mass is 273 g/mol. The van der Waals surface area contributed by atoms with E-state index >= 15 is 0 Å². The third kappa shape index (κ3) is 2.90. The minimum absolute atomic E-state index is 0.0137. The number of nitrogens with zero attached hydrogens (tertiary/aromatic N) is 1. The van der Waals surface area contributed by atoms with Crippen LogP contribution in [0.2, 0.25) is 0 Å². The van der Waals surface area contributed by atoms with E-state index in [1.54, 1.807) is 36.1 Å². The van der Waals surface area contributed by atoms with Gasteiger partial charge < -0.3 is 10.0 Å². The first-order valence-corrected chi connectivity index (χ1v) is 6.76. The van der Waals surface area contributed by atoms with Crippen LogP contribution < -0.4 is 0 Å². The number of amides is 1. The topological polar surface area (TPSA) is 57.6 Å². The van der Waals surface area contributed by atoms with Crippen LogP contribution in [0.15, 0.2) is 42.5 Å². The number of carboxylic acid groups (broad SMARTS) is 1. The summed E-state index contributed by atoms with van der Waals surface area (Å²) in [5.41, 5.74) is -0.520.